The Balaban J connectivity index is 2.22. The first-order chi connectivity index (χ1) is 15.6. The van der Waals surface area contributed by atoms with E-state index in [0.29, 0.717) is 25.3 Å². The number of thiophene rings is 1. The molecule has 0 unspecified atom stereocenters. The zero-order valence-electron chi connectivity index (χ0n) is 20.0. The summed E-state index contributed by atoms with van der Waals surface area (Å²) in [6.07, 6.45) is 1.27. The topological polar surface area (TPSA) is 103 Å². The minimum Gasteiger partial charge on any atom is -0.462 e. The van der Waals surface area contributed by atoms with E-state index >= 15 is 0 Å². The van der Waals surface area contributed by atoms with Crippen molar-refractivity contribution in [2.24, 2.45) is 0 Å². The molecule has 1 aromatic heterocycles. The minimum atomic E-state index is -0.769. The lowest BCUT2D eigenvalue weighted by Gasteiger charge is -2.25. The second kappa shape index (κ2) is 12.7. The first-order valence-corrected chi connectivity index (χ1v) is 11.9. The highest BCUT2D eigenvalue weighted by molar-refractivity contribution is 7.12. The maximum atomic E-state index is 12.8. The molecule has 1 aliphatic heterocycles. The molecule has 33 heavy (non-hydrogen) atoms. The number of carbonyl (C=O) groups is 3. The maximum Gasteiger partial charge on any atom is 0.347 e. The fraction of sp³-hybridized carbons (Fsp3) is 0.609. The van der Waals surface area contributed by atoms with Gasteiger partial charge in [0.1, 0.15) is 5.60 Å². The Morgan fingerprint density at radius 3 is 2.27 bits per heavy atom. The van der Waals surface area contributed by atoms with Crippen LogP contribution in [0.5, 0.6) is 0 Å². The van der Waals surface area contributed by atoms with E-state index in [0.717, 1.165) is 22.8 Å². The molecule has 1 fully saturated rings. The van der Waals surface area contributed by atoms with Gasteiger partial charge in [-0.25, -0.2) is 14.4 Å². The van der Waals surface area contributed by atoms with Crippen LogP contribution in [0.3, 0.4) is 0 Å². The third-order valence-corrected chi connectivity index (χ3v) is 5.58. The third-order valence-electron chi connectivity index (χ3n) is 4.46. The summed E-state index contributed by atoms with van der Waals surface area (Å²) in [5, 5.41) is 2.96. The lowest BCUT2D eigenvalue weighted by molar-refractivity contribution is -0.146. The molecule has 0 saturated carbocycles. The van der Waals surface area contributed by atoms with Gasteiger partial charge in [0.05, 0.1) is 32.0 Å². The molecule has 0 radical (unpaired) electrons. The van der Waals surface area contributed by atoms with Crippen LogP contribution in [0.25, 0.3) is 0 Å². The third kappa shape index (κ3) is 8.79. The molecule has 10 heteroatoms. The van der Waals surface area contributed by atoms with Crippen LogP contribution in [-0.4, -0.2) is 67.9 Å². The summed E-state index contributed by atoms with van der Waals surface area (Å²) in [7, 11) is 0. The van der Waals surface area contributed by atoms with Crippen molar-refractivity contribution < 1.29 is 33.3 Å². The van der Waals surface area contributed by atoms with Crippen LogP contribution >= 0.6 is 11.3 Å². The summed E-state index contributed by atoms with van der Waals surface area (Å²) in [6, 6.07) is 1.85. The van der Waals surface area contributed by atoms with E-state index in [1.165, 1.54) is 17.5 Å². The van der Waals surface area contributed by atoms with Gasteiger partial charge in [-0.2, -0.15) is 0 Å². The predicted octanol–water partition coefficient (Wildman–Crippen LogP) is 2.64. The Bertz CT molecular complexity index is 831. The van der Waals surface area contributed by atoms with Crippen molar-refractivity contribution in [1.29, 1.82) is 0 Å². The lowest BCUT2D eigenvalue weighted by Crippen LogP contribution is -2.35. The molecule has 1 aromatic rings. The van der Waals surface area contributed by atoms with Crippen LogP contribution in [0, 0.1) is 0 Å². The molecule has 1 aliphatic rings. The Labute approximate surface area is 199 Å². The first-order valence-electron chi connectivity index (χ1n) is 11.1. The smallest absolute Gasteiger partial charge is 0.347 e. The largest absolute Gasteiger partial charge is 0.462 e. The van der Waals surface area contributed by atoms with Crippen LogP contribution in [0.2, 0.25) is 0 Å². The Kier molecular flexibility index (Phi) is 10.3. The summed E-state index contributed by atoms with van der Waals surface area (Å²) in [6.45, 7) is 13.0. The lowest BCUT2D eigenvalue weighted by atomic mass is 10.1. The van der Waals surface area contributed by atoms with Gasteiger partial charge in [-0.1, -0.05) is 0 Å². The Morgan fingerprint density at radius 2 is 1.73 bits per heavy atom. The summed E-state index contributed by atoms with van der Waals surface area (Å²) >= 11 is 1.49. The van der Waals surface area contributed by atoms with Crippen molar-refractivity contribution in [2.75, 3.05) is 39.5 Å². The van der Waals surface area contributed by atoms with Crippen molar-refractivity contribution in [3.63, 3.8) is 0 Å². The molecule has 0 atom stereocenters. The fourth-order valence-electron chi connectivity index (χ4n) is 3.04. The van der Waals surface area contributed by atoms with Crippen molar-refractivity contribution in [2.45, 2.75) is 53.3 Å². The highest BCUT2D eigenvalue weighted by Crippen LogP contribution is 2.26. The SMILES string of the molecule is CCOC(=O)C(=CNCc1sc(CN2CCOCC2)cc1C(=O)OC(C)(C)C)C(=O)OCC. The van der Waals surface area contributed by atoms with E-state index in [1.54, 1.807) is 13.8 Å². The molecule has 0 aliphatic carbocycles. The minimum absolute atomic E-state index is 0.133. The van der Waals surface area contributed by atoms with Gasteiger partial charge in [0.25, 0.3) is 0 Å². The van der Waals surface area contributed by atoms with Crippen molar-refractivity contribution in [3.05, 3.63) is 33.2 Å². The number of rotatable bonds is 10. The number of hydrogen-bond donors (Lipinski definition) is 1. The number of ether oxygens (including phenoxy) is 4. The van der Waals surface area contributed by atoms with Crippen LogP contribution in [0.4, 0.5) is 0 Å². The van der Waals surface area contributed by atoms with E-state index in [-0.39, 0.29) is 25.3 Å². The Hall–Kier alpha value is -2.43. The maximum absolute atomic E-state index is 12.8. The summed E-state index contributed by atoms with van der Waals surface area (Å²) in [5.41, 5.74) is -0.398. The average Bonchev–Trinajstić information content (AvgIpc) is 3.13. The van der Waals surface area contributed by atoms with E-state index < -0.39 is 23.5 Å². The number of hydrogen-bond acceptors (Lipinski definition) is 10. The predicted molar refractivity (Wildman–Crippen MR) is 124 cm³/mol. The molecule has 1 N–H and O–H groups in total. The van der Waals surface area contributed by atoms with Gasteiger partial charge in [-0.05, 0) is 40.7 Å². The van der Waals surface area contributed by atoms with Crippen LogP contribution in [-0.2, 0) is 41.6 Å². The van der Waals surface area contributed by atoms with Gasteiger partial charge >= 0.3 is 17.9 Å². The van der Waals surface area contributed by atoms with Crippen molar-refractivity contribution in [3.8, 4) is 0 Å². The molecule has 0 aromatic carbocycles. The number of nitrogens with zero attached hydrogens (tertiary/aromatic N) is 1. The van der Waals surface area contributed by atoms with Gasteiger partial charge in [0, 0.05) is 42.1 Å². The zero-order valence-corrected chi connectivity index (χ0v) is 20.8. The number of morpholine rings is 1. The van der Waals surface area contributed by atoms with E-state index in [2.05, 4.69) is 10.2 Å². The summed E-state index contributed by atoms with van der Waals surface area (Å²) in [5.74, 6) is -1.95. The van der Waals surface area contributed by atoms with Crippen molar-refractivity contribution in [1.82, 2.24) is 10.2 Å². The highest BCUT2D eigenvalue weighted by atomic mass is 32.1. The molecule has 184 valence electrons. The summed E-state index contributed by atoms with van der Waals surface area (Å²) in [4.78, 5) is 41.1. The molecule has 0 amide bonds. The molecule has 1 saturated heterocycles. The molecule has 2 rings (SSSR count). The molecule has 9 nitrogen and oxygen atoms in total. The second-order valence-corrected chi connectivity index (χ2v) is 9.54. The number of esters is 3. The second-order valence-electron chi connectivity index (χ2n) is 8.32. The van der Waals surface area contributed by atoms with E-state index in [1.807, 2.05) is 26.8 Å². The standard InChI is InChI=1S/C23H34N2O7S/c1-6-30-20(26)18(21(27)31-7-2)13-24-14-19-17(22(28)32-23(3,4)5)12-16(33-19)15-25-8-10-29-11-9-25/h12-13,24H,6-11,14-15H2,1-5H3. The number of carbonyl (C=O) groups excluding carboxylic acids is 3. The molecule has 0 spiro atoms. The van der Waals surface area contributed by atoms with Crippen LogP contribution in [0.1, 0.15) is 54.7 Å². The molecule has 0 bridgehead atoms. The average molecular weight is 483 g/mol. The first kappa shape index (κ1) is 26.8. The van der Waals surface area contributed by atoms with Gasteiger partial charge in [0.15, 0.2) is 5.57 Å². The van der Waals surface area contributed by atoms with Gasteiger partial charge in [-0.15, -0.1) is 11.3 Å². The quantitative estimate of drug-likeness (QED) is 0.177. The monoisotopic (exact) mass is 482 g/mol. The van der Waals surface area contributed by atoms with Crippen LogP contribution < -0.4 is 5.32 Å². The summed E-state index contributed by atoms with van der Waals surface area (Å²) < 4.78 is 20.9. The highest BCUT2D eigenvalue weighted by Gasteiger charge is 2.24. The van der Waals surface area contributed by atoms with Gasteiger partial charge < -0.3 is 24.3 Å². The Morgan fingerprint density at radius 1 is 1.12 bits per heavy atom. The normalized spacial score (nSPS) is 14.3. The van der Waals surface area contributed by atoms with Crippen LogP contribution in [0.15, 0.2) is 17.8 Å². The van der Waals surface area contributed by atoms with Crippen molar-refractivity contribution >= 4 is 29.2 Å². The van der Waals surface area contributed by atoms with E-state index in [4.69, 9.17) is 18.9 Å². The fourth-order valence-corrected chi connectivity index (χ4v) is 4.19. The van der Waals surface area contributed by atoms with Gasteiger partial charge in [0.2, 0.25) is 0 Å². The zero-order chi connectivity index (χ0) is 24.4. The van der Waals surface area contributed by atoms with E-state index in [9.17, 15) is 14.4 Å². The molecular formula is C23H34N2O7S. The molecular weight excluding hydrogens is 448 g/mol. The molecule has 2 heterocycles. The number of nitrogens with one attached hydrogen (secondary N) is 1. The van der Waals surface area contributed by atoms with Gasteiger partial charge in [-0.3, -0.25) is 4.90 Å².